The van der Waals surface area contributed by atoms with Crippen LogP contribution in [0.5, 0.6) is 0 Å². The van der Waals surface area contributed by atoms with E-state index in [1.165, 1.54) is 12.1 Å². The number of aryl methyl sites for hydroxylation is 1. The molecule has 2 rings (SSSR count). The highest BCUT2D eigenvalue weighted by molar-refractivity contribution is 7.93. The van der Waals surface area contributed by atoms with E-state index >= 15 is 0 Å². The van der Waals surface area contributed by atoms with Crippen molar-refractivity contribution in [2.75, 3.05) is 4.72 Å². The number of aromatic carboxylic acids is 1. The van der Waals surface area contributed by atoms with Gasteiger partial charge in [0.25, 0.3) is 10.0 Å². The summed E-state index contributed by atoms with van der Waals surface area (Å²) < 4.78 is 26.8. The summed E-state index contributed by atoms with van der Waals surface area (Å²) in [6.07, 6.45) is 0. The molecule has 0 aliphatic rings. The molecule has 0 fully saturated rings. The number of rotatable bonds is 4. The molecule has 0 saturated heterocycles. The highest BCUT2D eigenvalue weighted by Crippen LogP contribution is 2.33. The quantitative estimate of drug-likeness (QED) is 0.909. The average Bonchev–Trinajstić information content (AvgIpc) is 2.65. The Balaban J connectivity index is 2.46. The third kappa shape index (κ3) is 2.68. The SMILES string of the molecule is Cc1sc(NS(=O)(=O)c2ccccc2)c(C(=O)O)c1C. The molecule has 106 valence electrons. The van der Waals surface area contributed by atoms with Gasteiger partial charge in [-0.2, -0.15) is 0 Å². The van der Waals surface area contributed by atoms with Gasteiger partial charge in [-0.25, -0.2) is 13.2 Å². The van der Waals surface area contributed by atoms with Gasteiger partial charge in [0.05, 0.1) is 10.5 Å². The Kier molecular flexibility index (Phi) is 3.82. The highest BCUT2D eigenvalue weighted by Gasteiger charge is 2.23. The molecule has 0 unspecified atom stereocenters. The van der Waals surface area contributed by atoms with Crippen LogP contribution in [0.4, 0.5) is 5.00 Å². The van der Waals surface area contributed by atoms with Gasteiger partial charge >= 0.3 is 5.97 Å². The zero-order chi connectivity index (χ0) is 14.9. The van der Waals surface area contributed by atoms with Crippen LogP contribution in [-0.2, 0) is 10.0 Å². The molecule has 7 heteroatoms. The summed E-state index contributed by atoms with van der Waals surface area (Å²) in [4.78, 5) is 12.1. The molecule has 0 saturated carbocycles. The van der Waals surface area contributed by atoms with E-state index in [4.69, 9.17) is 0 Å². The number of hydrogen-bond acceptors (Lipinski definition) is 4. The second-order valence-electron chi connectivity index (χ2n) is 4.21. The molecule has 1 aromatic heterocycles. The maximum Gasteiger partial charge on any atom is 0.339 e. The van der Waals surface area contributed by atoms with E-state index in [9.17, 15) is 18.3 Å². The minimum atomic E-state index is -3.78. The number of carboxylic acids is 1. The van der Waals surface area contributed by atoms with Gasteiger partial charge in [-0.3, -0.25) is 4.72 Å². The predicted octanol–water partition coefficient (Wildman–Crippen LogP) is 2.86. The lowest BCUT2D eigenvalue weighted by atomic mass is 10.2. The molecule has 0 spiro atoms. The van der Waals surface area contributed by atoms with E-state index in [2.05, 4.69) is 4.72 Å². The minimum Gasteiger partial charge on any atom is -0.478 e. The zero-order valence-corrected chi connectivity index (χ0v) is 12.5. The van der Waals surface area contributed by atoms with E-state index in [1.54, 1.807) is 32.0 Å². The Labute approximate surface area is 120 Å². The Morgan fingerprint density at radius 1 is 1.20 bits per heavy atom. The molecule has 1 aromatic carbocycles. The largest absolute Gasteiger partial charge is 0.478 e. The molecule has 5 nitrogen and oxygen atoms in total. The van der Waals surface area contributed by atoms with Crippen LogP contribution in [0.25, 0.3) is 0 Å². The van der Waals surface area contributed by atoms with E-state index in [1.807, 2.05) is 0 Å². The minimum absolute atomic E-state index is 0.00649. The Hall–Kier alpha value is -1.86. The molecule has 2 aromatic rings. The van der Waals surface area contributed by atoms with Crippen molar-refractivity contribution in [1.29, 1.82) is 0 Å². The molecular formula is C13H13NO4S2. The summed E-state index contributed by atoms with van der Waals surface area (Å²) in [5.41, 5.74) is 0.584. The molecule has 0 bridgehead atoms. The van der Waals surface area contributed by atoms with Crippen LogP contribution < -0.4 is 4.72 Å². The van der Waals surface area contributed by atoms with Crippen LogP contribution in [0.2, 0.25) is 0 Å². The fourth-order valence-corrected chi connectivity index (χ4v) is 4.12. The van der Waals surface area contributed by atoms with E-state index in [0.717, 1.165) is 16.2 Å². The lowest BCUT2D eigenvalue weighted by Crippen LogP contribution is -2.14. The lowest BCUT2D eigenvalue weighted by molar-refractivity contribution is 0.0697. The van der Waals surface area contributed by atoms with Gasteiger partial charge in [-0.1, -0.05) is 18.2 Å². The van der Waals surface area contributed by atoms with E-state index in [-0.39, 0.29) is 15.5 Å². The first-order valence-corrected chi connectivity index (χ1v) is 8.04. The predicted molar refractivity (Wildman–Crippen MR) is 78.0 cm³/mol. The molecule has 0 aliphatic carbocycles. The van der Waals surface area contributed by atoms with Gasteiger partial charge in [0.15, 0.2) is 0 Å². The van der Waals surface area contributed by atoms with Gasteiger partial charge in [0.1, 0.15) is 5.00 Å². The maximum absolute atomic E-state index is 12.2. The first kappa shape index (κ1) is 14.5. The second-order valence-corrected chi connectivity index (χ2v) is 7.12. The lowest BCUT2D eigenvalue weighted by Gasteiger charge is -2.07. The molecule has 1 heterocycles. The summed E-state index contributed by atoms with van der Waals surface area (Å²) in [6, 6.07) is 7.84. The smallest absolute Gasteiger partial charge is 0.339 e. The summed E-state index contributed by atoms with van der Waals surface area (Å²) in [5.74, 6) is -1.14. The van der Waals surface area contributed by atoms with Crippen LogP contribution >= 0.6 is 11.3 Å². The normalized spacial score (nSPS) is 11.3. The number of sulfonamides is 1. The monoisotopic (exact) mass is 311 g/mol. The van der Waals surface area contributed by atoms with Crippen molar-refractivity contribution in [2.24, 2.45) is 0 Å². The van der Waals surface area contributed by atoms with Crippen LogP contribution in [-0.4, -0.2) is 19.5 Å². The Bertz CT molecular complexity index is 748. The number of carbonyl (C=O) groups is 1. The van der Waals surface area contributed by atoms with Gasteiger partial charge in [-0.05, 0) is 31.5 Å². The van der Waals surface area contributed by atoms with Crippen molar-refractivity contribution in [3.05, 3.63) is 46.3 Å². The van der Waals surface area contributed by atoms with Crippen LogP contribution in [0.1, 0.15) is 20.8 Å². The maximum atomic E-state index is 12.2. The molecule has 0 aliphatic heterocycles. The van der Waals surface area contributed by atoms with Gasteiger partial charge in [0, 0.05) is 4.88 Å². The van der Waals surface area contributed by atoms with Crippen molar-refractivity contribution in [3.63, 3.8) is 0 Å². The first-order chi connectivity index (χ1) is 9.33. The molecule has 0 atom stereocenters. The topological polar surface area (TPSA) is 83.5 Å². The number of hydrogen-bond donors (Lipinski definition) is 2. The summed E-state index contributed by atoms with van der Waals surface area (Å²) in [5, 5.41) is 9.33. The molecule has 2 N–H and O–H groups in total. The molecular weight excluding hydrogens is 298 g/mol. The molecule has 0 radical (unpaired) electrons. The van der Waals surface area contributed by atoms with Crippen molar-refractivity contribution < 1.29 is 18.3 Å². The van der Waals surface area contributed by atoms with Gasteiger partial charge in [0.2, 0.25) is 0 Å². The number of thiophene rings is 1. The first-order valence-electron chi connectivity index (χ1n) is 5.74. The summed E-state index contributed by atoms with van der Waals surface area (Å²) >= 11 is 1.12. The Morgan fingerprint density at radius 2 is 1.80 bits per heavy atom. The summed E-state index contributed by atoms with van der Waals surface area (Å²) in [7, 11) is -3.78. The molecule has 0 amide bonds. The highest BCUT2D eigenvalue weighted by atomic mass is 32.2. The van der Waals surface area contributed by atoms with Crippen molar-refractivity contribution in [1.82, 2.24) is 0 Å². The van der Waals surface area contributed by atoms with Crippen molar-refractivity contribution >= 4 is 32.3 Å². The van der Waals surface area contributed by atoms with Crippen LogP contribution in [0, 0.1) is 13.8 Å². The van der Waals surface area contributed by atoms with Crippen LogP contribution in [0.15, 0.2) is 35.2 Å². The Morgan fingerprint density at radius 3 is 2.35 bits per heavy atom. The standard InChI is InChI=1S/C13H13NO4S2/c1-8-9(2)19-12(11(8)13(15)16)14-20(17,18)10-6-4-3-5-7-10/h3-7,14H,1-2H3,(H,15,16). The fourth-order valence-electron chi connectivity index (χ4n) is 1.74. The van der Waals surface area contributed by atoms with Crippen molar-refractivity contribution in [2.45, 2.75) is 18.7 Å². The average molecular weight is 311 g/mol. The van der Waals surface area contributed by atoms with Crippen LogP contribution in [0.3, 0.4) is 0 Å². The fraction of sp³-hybridized carbons (Fsp3) is 0.154. The van der Waals surface area contributed by atoms with Gasteiger partial charge in [-0.15, -0.1) is 11.3 Å². The van der Waals surface area contributed by atoms with E-state index in [0.29, 0.717) is 5.56 Å². The van der Waals surface area contributed by atoms with Gasteiger partial charge < -0.3 is 5.11 Å². The van der Waals surface area contributed by atoms with E-state index < -0.39 is 16.0 Å². The number of anilines is 1. The third-order valence-electron chi connectivity index (χ3n) is 2.88. The number of carboxylic acid groups (broad SMARTS) is 1. The molecule has 20 heavy (non-hydrogen) atoms. The zero-order valence-electron chi connectivity index (χ0n) is 10.9. The summed E-state index contributed by atoms with van der Waals surface area (Å²) in [6.45, 7) is 3.42. The number of benzene rings is 1. The second kappa shape index (κ2) is 5.26. The third-order valence-corrected chi connectivity index (χ3v) is 5.50. The number of nitrogens with one attached hydrogen (secondary N) is 1. The van der Waals surface area contributed by atoms with Crippen molar-refractivity contribution in [3.8, 4) is 0 Å².